The van der Waals surface area contributed by atoms with Gasteiger partial charge in [0.2, 0.25) is 5.91 Å². The maximum atomic E-state index is 12.1. The van der Waals surface area contributed by atoms with Crippen LogP contribution in [0, 0.1) is 5.92 Å². The lowest BCUT2D eigenvalue weighted by atomic mass is 9.98. The van der Waals surface area contributed by atoms with E-state index in [-0.39, 0.29) is 23.7 Å². The molecule has 4 N–H and O–H groups in total. The van der Waals surface area contributed by atoms with Crippen LogP contribution in [-0.4, -0.2) is 23.7 Å². The number of amides is 1. The summed E-state index contributed by atoms with van der Waals surface area (Å²) >= 11 is 0. The van der Waals surface area contributed by atoms with Crippen LogP contribution in [0.15, 0.2) is 18.2 Å². The largest absolute Gasteiger partial charge is 0.508 e. The molecule has 2 rings (SSSR count). The number of phenols is 1. The number of benzene rings is 1. The summed E-state index contributed by atoms with van der Waals surface area (Å²) in [6.45, 7) is 2.63. The van der Waals surface area contributed by atoms with E-state index in [0.717, 1.165) is 12.8 Å². The Balaban J connectivity index is 2.07. The average Bonchev–Trinajstić information content (AvgIpc) is 2.81. The summed E-state index contributed by atoms with van der Waals surface area (Å²) in [5.41, 5.74) is 6.61. The van der Waals surface area contributed by atoms with E-state index in [9.17, 15) is 9.90 Å². The van der Waals surface area contributed by atoms with Crippen molar-refractivity contribution < 1.29 is 14.6 Å². The number of nitrogen functional groups attached to an aromatic ring is 1. The van der Waals surface area contributed by atoms with Crippen molar-refractivity contribution in [2.24, 2.45) is 5.92 Å². The molecule has 1 aliphatic heterocycles. The van der Waals surface area contributed by atoms with Gasteiger partial charge in [-0.15, -0.1) is 0 Å². The molecule has 1 heterocycles. The number of aromatic hydroxyl groups is 1. The fourth-order valence-electron chi connectivity index (χ4n) is 2.24. The molecule has 5 nitrogen and oxygen atoms in total. The molecule has 0 spiro atoms. The Morgan fingerprint density at radius 1 is 1.61 bits per heavy atom. The summed E-state index contributed by atoms with van der Waals surface area (Å²) in [4.78, 5) is 12.1. The lowest BCUT2D eigenvalue weighted by molar-refractivity contribution is -0.121. The van der Waals surface area contributed by atoms with Gasteiger partial charge in [-0.1, -0.05) is 6.92 Å². The van der Waals surface area contributed by atoms with Crippen molar-refractivity contribution in [1.29, 1.82) is 0 Å². The molecule has 1 aliphatic rings. The number of nitrogens with two attached hydrogens (primary N) is 1. The zero-order valence-electron chi connectivity index (χ0n) is 10.3. The lowest BCUT2D eigenvalue weighted by Crippen LogP contribution is -2.29. The molecule has 1 aromatic carbocycles. The molecule has 0 radical (unpaired) electrons. The maximum Gasteiger partial charge on any atom is 0.230 e. The van der Waals surface area contributed by atoms with E-state index < -0.39 is 0 Å². The molecule has 0 aromatic heterocycles. The van der Waals surface area contributed by atoms with Gasteiger partial charge in [0.05, 0.1) is 23.4 Å². The molecule has 1 amide bonds. The number of phenolic OH excluding ortho intramolecular Hbond substituents is 1. The number of nitrogens with one attached hydrogen (secondary N) is 1. The van der Waals surface area contributed by atoms with Gasteiger partial charge in [-0.05, 0) is 25.0 Å². The van der Waals surface area contributed by atoms with Gasteiger partial charge in [-0.3, -0.25) is 4.79 Å². The third-order valence-electron chi connectivity index (χ3n) is 3.24. The summed E-state index contributed by atoms with van der Waals surface area (Å²) in [5, 5.41) is 12.0. The fourth-order valence-corrected chi connectivity index (χ4v) is 2.24. The van der Waals surface area contributed by atoms with Gasteiger partial charge in [0.15, 0.2) is 0 Å². The predicted octanol–water partition coefficient (Wildman–Crippen LogP) is 1.73. The molecule has 0 aliphatic carbocycles. The van der Waals surface area contributed by atoms with Crippen molar-refractivity contribution in [3.05, 3.63) is 18.2 Å². The summed E-state index contributed by atoms with van der Waals surface area (Å²) in [5.74, 6) is -0.110. The Morgan fingerprint density at radius 2 is 2.39 bits per heavy atom. The molecular weight excluding hydrogens is 232 g/mol. The molecule has 1 saturated heterocycles. The highest BCUT2D eigenvalue weighted by atomic mass is 16.5. The Kier molecular flexibility index (Phi) is 3.72. The number of rotatable bonds is 3. The van der Waals surface area contributed by atoms with Crippen LogP contribution in [-0.2, 0) is 9.53 Å². The second-order valence-electron chi connectivity index (χ2n) is 4.47. The zero-order chi connectivity index (χ0) is 13.1. The van der Waals surface area contributed by atoms with Crippen molar-refractivity contribution in [1.82, 2.24) is 0 Å². The van der Waals surface area contributed by atoms with E-state index in [1.165, 1.54) is 12.1 Å². The predicted molar refractivity (Wildman–Crippen MR) is 69.3 cm³/mol. The lowest BCUT2D eigenvalue weighted by Gasteiger charge is -2.17. The minimum atomic E-state index is -0.122. The molecule has 0 bridgehead atoms. The van der Waals surface area contributed by atoms with Gasteiger partial charge in [0, 0.05) is 12.7 Å². The topological polar surface area (TPSA) is 84.6 Å². The highest BCUT2D eigenvalue weighted by molar-refractivity contribution is 5.96. The van der Waals surface area contributed by atoms with Crippen molar-refractivity contribution in [2.75, 3.05) is 17.7 Å². The van der Waals surface area contributed by atoms with Gasteiger partial charge < -0.3 is 20.9 Å². The molecular formula is C13H18N2O3. The molecule has 2 atom stereocenters. The summed E-state index contributed by atoms with van der Waals surface area (Å²) in [7, 11) is 0. The first kappa shape index (κ1) is 12.7. The van der Waals surface area contributed by atoms with E-state index in [0.29, 0.717) is 18.0 Å². The first-order valence-corrected chi connectivity index (χ1v) is 6.12. The SMILES string of the molecule is CCC1OCCC1C(=O)Nc1ccc(O)cc1N. The monoisotopic (exact) mass is 250 g/mol. The molecule has 2 unspecified atom stereocenters. The number of ether oxygens (including phenoxy) is 1. The van der Waals surface area contributed by atoms with E-state index in [1.807, 2.05) is 6.92 Å². The first-order valence-electron chi connectivity index (χ1n) is 6.12. The molecule has 1 aromatic rings. The van der Waals surface area contributed by atoms with Crippen molar-refractivity contribution >= 4 is 17.3 Å². The van der Waals surface area contributed by atoms with Crippen molar-refractivity contribution in [3.8, 4) is 5.75 Å². The number of carbonyl (C=O) groups excluding carboxylic acids is 1. The number of hydrogen-bond acceptors (Lipinski definition) is 4. The van der Waals surface area contributed by atoms with Gasteiger partial charge in [-0.25, -0.2) is 0 Å². The summed E-state index contributed by atoms with van der Waals surface area (Å²) in [6, 6.07) is 4.51. The third kappa shape index (κ3) is 2.56. The minimum absolute atomic E-state index is 0.0108. The van der Waals surface area contributed by atoms with Gasteiger partial charge in [-0.2, -0.15) is 0 Å². The fraction of sp³-hybridized carbons (Fsp3) is 0.462. The minimum Gasteiger partial charge on any atom is -0.508 e. The zero-order valence-corrected chi connectivity index (χ0v) is 10.3. The van der Waals surface area contributed by atoms with Crippen LogP contribution < -0.4 is 11.1 Å². The smallest absolute Gasteiger partial charge is 0.230 e. The molecule has 1 fully saturated rings. The van der Waals surface area contributed by atoms with Gasteiger partial charge >= 0.3 is 0 Å². The van der Waals surface area contributed by atoms with Crippen LogP contribution in [0.1, 0.15) is 19.8 Å². The normalized spacial score (nSPS) is 22.9. The standard InChI is InChI=1S/C13H18N2O3/c1-2-12-9(5-6-18-12)13(17)15-11-4-3-8(16)7-10(11)14/h3-4,7,9,12,16H,2,5-6,14H2,1H3,(H,15,17). The van der Waals surface area contributed by atoms with Gasteiger partial charge in [0.25, 0.3) is 0 Å². The maximum absolute atomic E-state index is 12.1. The third-order valence-corrected chi connectivity index (χ3v) is 3.24. The van der Waals surface area contributed by atoms with Crippen LogP contribution in [0.4, 0.5) is 11.4 Å². The summed E-state index contributed by atoms with van der Waals surface area (Å²) in [6.07, 6.45) is 1.55. The molecule has 18 heavy (non-hydrogen) atoms. The molecule has 0 saturated carbocycles. The van der Waals surface area contributed by atoms with Crippen LogP contribution in [0.5, 0.6) is 5.75 Å². The quantitative estimate of drug-likeness (QED) is 0.563. The molecule has 5 heteroatoms. The summed E-state index contributed by atoms with van der Waals surface area (Å²) < 4.78 is 5.49. The van der Waals surface area contributed by atoms with Crippen LogP contribution in [0.25, 0.3) is 0 Å². The Bertz CT molecular complexity index is 448. The number of anilines is 2. The molecule has 98 valence electrons. The highest BCUT2D eigenvalue weighted by Crippen LogP contribution is 2.27. The highest BCUT2D eigenvalue weighted by Gasteiger charge is 2.32. The van der Waals surface area contributed by atoms with E-state index in [4.69, 9.17) is 10.5 Å². The Morgan fingerprint density at radius 3 is 3.06 bits per heavy atom. The van der Waals surface area contributed by atoms with E-state index in [1.54, 1.807) is 6.07 Å². The van der Waals surface area contributed by atoms with Crippen LogP contribution in [0.3, 0.4) is 0 Å². The van der Waals surface area contributed by atoms with Crippen LogP contribution >= 0.6 is 0 Å². The Hall–Kier alpha value is -1.75. The van der Waals surface area contributed by atoms with Gasteiger partial charge in [0.1, 0.15) is 5.75 Å². The van der Waals surface area contributed by atoms with Crippen molar-refractivity contribution in [3.63, 3.8) is 0 Å². The first-order chi connectivity index (χ1) is 8.61. The Labute approximate surface area is 106 Å². The van der Waals surface area contributed by atoms with Crippen LogP contribution in [0.2, 0.25) is 0 Å². The van der Waals surface area contributed by atoms with Crippen molar-refractivity contribution in [2.45, 2.75) is 25.9 Å². The average molecular weight is 250 g/mol. The second-order valence-corrected chi connectivity index (χ2v) is 4.47. The number of carbonyl (C=O) groups is 1. The number of hydrogen-bond donors (Lipinski definition) is 3. The van der Waals surface area contributed by atoms with E-state index in [2.05, 4.69) is 5.32 Å². The second kappa shape index (κ2) is 5.27. The van der Waals surface area contributed by atoms with E-state index >= 15 is 0 Å².